The molecule has 0 N–H and O–H groups in total. The van der Waals surface area contributed by atoms with E-state index in [-0.39, 0.29) is 5.82 Å². The highest BCUT2D eigenvalue weighted by Crippen LogP contribution is 2.26. The molecule has 2 aromatic carbocycles. The Morgan fingerprint density at radius 2 is 1.77 bits per heavy atom. The van der Waals surface area contributed by atoms with Crippen molar-refractivity contribution in [1.82, 2.24) is 19.7 Å². The minimum absolute atomic E-state index is 0.269. The lowest BCUT2D eigenvalue weighted by Crippen LogP contribution is -1.98. The van der Waals surface area contributed by atoms with Crippen LogP contribution in [0.3, 0.4) is 0 Å². The first-order valence-electron chi connectivity index (χ1n) is 8.43. The molecule has 0 unspecified atom stereocenters. The molecule has 4 rings (SSSR count). The smallest absolute Gasteiger partial charge is 0.167 e. The highest BCUT2D eigenvalue weighted by Gasteiger charge is 2.11. The second-order valence-electron chi connectivity index (χ2n) is 5.89. The third-order valence-electron chi connectivity index (χ3n) is 4.09. The fourth-order valence-electron chi connectivity index (χ4n) is 2.80. The van der Waals surface area contributed by atoms with E-state index < -0.39 is 0 Å². The van der Waals surface area contributed by atoms with Crippen molar-refractivity contribution in [3.05, 3.63) is 78.5 Å². The molecule has 0 atom stereocenters. The second-order valence-corrected chi connectivity index (χ2v) is 6.97. The predicted molar refractivity (Wildman–Crippen MR) is 102 cm³/mol. The standard InChI is InChI=1S/C20H17FN4S/c21-16-8-10-17(11-9-16)25-19-18(13-24-25)20(23-14-22-19)26-12-4-7-15-5-2-1-3-6-15/h1-3,5-6,8-11,13-14H,4,7,12H2. The van der Waals surface area contributed by atoms with Crippen molar-refractivity contribution in [2.24, 2.45) is 0 Å². The molecule has 0 bridgehead atoms. The first kappa shape index (κ1) is 16.7. The topological polar surface area (TPSA) is 43.6 Å². The van der Waals surface area contributed by atoms with Crippen LogP contribution in [-0.2, 0) is 6.42 Å². The van der Waals surface area contributed by atoms with Gasteiger partial charge in [0.25, 0.3) is 0 Å². The molecule has 2 heterocycles. The molecule has 6 heteroatoms. The molecule has 0 fully saturated rings. The van der Waals surface area contributed by atoms with Crippen LogP contribution in [0.2, 0.25) is 0 Å². The molecule has 0 aliphatic carbocycles. The molecule has 130 valence electrons. The van der Waals surface area contributed by atoms with Crippen molar-refractivity contribution in [1.29, 1.82) is 0 Å². The number of rotatable bonds is 6. The summed E-state index contributed by atoms with van der Waals surface area (Å²) >= 11 is 1.72. The monoisotopic (exact) mass is 364 g/mol. The van der Waals surface area contributed by atoms with Gasteiger partial charge in [0.1, 0.15) is 17.2 Å². The zero-order valence-electron chi connectivity index (χ0n) is 14.0. The lowest BCUT2D eigenvalue weighted by molar-refractivity contribution is 0.627. The van der Waals surface area contributed by atoms with Crippen molar-refractivity contribution in [2.45, 2.75) is 17.9 Å². The van der Waals surface area contributed by atoms with Gasteiger partial charge in [-0.1, -0.05) is 30.3 Å². The van der Waals surface area contributed by atoms with E-state index in [1.165, 1.54) is 17.7 Å². The Morgan fingerprint density at radius 3 is 2.58 bits per heavy atom. The van der Waals surface area contributed by atoms with Crippen molar-refractivity contribution in [3.63, 3.8) is 0 Å². The Hall–Kier alpha value is -2.73. The predicted octanol–water partition coefficient (Wildman–Crippen LogP) is 4.68. The van der Waals surface area contributed by atoms with Crippen LogP contribution >= 0.6 is 11.8 Å². The number of aromatic nitrogens is 4. The molecule has 2 aromatic heterocycles. The molecule has 0 aliphatic rings. The Balaban J connectivity index is 1.49. The van der Waals surface area contributed by atoms with Gasteiger partial charge in [0, 0.05) is 0 Å². The summed E-state index contributed by atoms with van der Waals surface area (Å²) in [6.45, 7) is 0. The van der Waals surface area contributed by atoms with Crippen LogP contribution in [0, 0.1) is 5.82 Å². The summed E-state index contributed by atoms with van der Waals surface area (Å²) in [4.78, 5) is 8.77. The Bertz CT molecular complexity index is 999. The SMILES string of the molecule is Fc1ccc(-n2ncc3c(SCCCc4ccccc4)ncnc32)cc1. The molecule has 0 amide bonds. The number of hydrogen-bond acceptors (Lipinski definition) is 4. The largest absolute Gasteiger partial charge is 0.229 e. The van der Waals surface area contributed by atoms with E-state index in [0.29, 0.717) is 0 Å². The number of benzene rings is 2. The number of halogens is 1. The third-order valence-corrected chi connectivity index (χ3v) is 5.18. The van der Waals surface area contributed by atoms with Crippen LogP contribution in [0.5, 0.6) is 0 Å². The Morgan fingerprint density at radius 1 is 0.962 bits per heavy atom. The Kier molecular flexibility index (Phi) is 4.93. The molecular formula is C20H17FN4S. The van der Waals surface area contributed by atoms with Crippen LogP contribution in [-0.4, -0.2) is 25.5 Å². The van der Waals surface area contributed by atoms with Gasteiger partial charge < -0.3 is 0 Å². The van der Waals surface area contributed by atoms with E-state index in [0.717, 1.165) is 40.3 Å². The van der Waals surface area contributed by atoms with Gasteiger partial charge in [-0.3, -0.25) is 0 Å². The van der Waals surface area contributed by atoms with Crippen LogP contribution in [0.4, 0.5) is 4.39 Å². The van der Waals surface area contributed by atoms with E-state index >= 15 is 0 Å². The molecule has 0 aliphatic heterocycles. The maximum Gasteiger partial charge on any atom is 0.167 e. The average Bonchev–Trinajstić information content (AvgIpc) is 3.12. The molecule has 4 nitrogen and oxygen atoms in total. The summed E-state index contributed by atoms with van der Waals surface area (Å²) in [5.41, 5.74) is 2.86. The van der Waals surface area contributed by atoms with E-state index in [2.05, 4.69) is 39.3 Å². The number of fused-ring (bicyclic) bond motifs is 1. The van der Waals surface area contributed by atoms with Gasteiger partial charge >= 0.3 is 0 Å². The van der Waals surface area contributed by atoms with Gasteiger partial charge in [0.05, 0.1) is 17.3 Å². The second kappa shape index (κ2) is 7.66. The summed E-state index contributed by atoms with van der Waals surface area (Å²) in [6, 6.07) is 16.7. The number of hydrogen-bond donors (Lipinski definition) is 0. The van der Waals surface area contributed by atoms with Crippen LogP contribution in [0.25, 0.3) is 16.7 Å². The first-order chi connectivity index (χ1) is 12.8. The molecule has 4 aromatic rings. The summed E-state index contributed by atoms with van der Waals surface area (Å²) in [5, 5.41) is 6.26. The minimum atomic E-state index is -0.269. The number of thioether (sulfide) groups is 1. The van der Waals surface area contributed by atoms with Crippen molar-refractivity contribution in [3.8, 4) is 5.69 Å². The number of aryl methyl sites for hydroxylation is 1. The Labute approximate surface area is 155 Å². The third kappa shape index (κ3) is 3.60. The molecule has 0 spiro atoms. The fraction of sp³-hybridized carbons (Fsp3) is 0.150. The molecule has 0 radical (unpaired) electrons. The maximum atomic E-state index is 13.1. The van der Waals surface area contributed by atoms with Gasteiger partial charge in [0.2, 0.25) is 0 Å². The van der Waals surface area contributed by atoms with Gasteiger partial charge in [0.15, 0.2) is 5.65 Å². The summed E-state index contributed by atoms with van der Waals surface area (Å²) < 4.78 is 14.9. The minimum Gasteiger partial charge on any atom is -0.229 e. The molecular weight excluding hydrogens is 347 g/mol. The van der Waals surface area contributed by atoms with Gasteiger partial charge in [-0.15, -0.1) is 11.8 Å². The summed E-state index contributed by atoms with van der Waals surface area (Å²) in [7, 11) is 0. The van der Waals surface area contributed by atoms with Gasteiger partial charge in [-0.2, -0.15) is 5.10 Å². The zero-order valence-corrected chi connectivity index (χ0v) is 14.9. The van der Waals surface area contributed by atoms with Crippen LogP contribution < -0.4 is 0 Å². The first-order valence-corrected chi connectivity index (χ1v) is 9.41. The lowest BCUT2D eigenvalue weighted by atomic mass is 10.1. The van der Waals surface area contributed by atoms with Gasteiger partial charge in [-0.25, -0.2) is 19.0 Å². The quantitative estimate of drug-likeness (QED) is 0.283. The normalized spacial score (nSPS) is 11.1. The van der Waals surface area contributed by atoms with E-state index in [1.54, 1.807) is 41.1 Å². The summed E-state index contributed by atoms with van der Waals surface area (Å²) in [6.07, 6.45) is 5.46. The van der Waals surface area contributed by atoms with Crippen molar-refractivity contribution < 1.29 is 4.39 Å². The lowest BCUT2D eigenvalue weighted by Gasteiger charge is -2.04. The van der Waals surface area contributed by atoms with Gasteiger partial charge in [-0.05, 0) is 48.4 Å². The van der Waals surface area contributed by atoms with E-state index in [9.17, 15) is 4.39 Å². The number of nitrogens with zero attached hydrogens (tertiary/aromatic N) is 4. The van der Waals surface area contributed by atoms with Crippen LogP contribution in [0.1, 0.15) is 12.0 Å². The van der Waals surface area contributed by atoms with Crippen LogP contribution in [0.15, 0.2) is 72.1 Å². The maximum absolute atomic E-state index is 13.1. The van der Waals surface area contributed by atoms with Crippen molar-refractivity contribution >= 4 is 22.8 Å². The van der Waals surface area contributed by atoms with E-state index in [4.69, 9.17) is 0 Å². The van der Waals surface area contributed by atoms with Crippen molar-refractivity contribution in [2.75, 3.05) is 5.75 Å². The summed E-state index contributed by atoms with van der Waals surface area (Å²) in [5.74, 6) is 0.706. The highest BCUT2D eigenvalue weighted by molar-refractivity contribution is 7.99. The fourth-order valence-corrected chi connectivity index (χ4v) is 3.70. The zero-order chi connectivity index (χ0) is 17.8. The highest BCUT2D eigenvalue weighted by atomic mass is 32.2. The average molecular weight is 364 g/mol. The molecule has 26 heavy (non-hydrogen) atoms. The molecule has 0 saturated carbocycles. The molecule has 0 saturated heterocycles. The van der Waals surface area contributed by atoms with E-state index in [1.807, 2.05) is 6.07 Å².